The lowest BCUT2D eigenvalue weighted by atomic mass is 9.96. The minimum atomic E-state index is -1.04. The number of carboxylic acid groups (broad SMARTS) is 1. The van der Waals surface area contributed by atoms with Crippen LogP contribution >= 0.6 is 11.6 Å². The lowest BCUT2D eigenvalue weighted by Crippen LogP contribution is -2.38. The summed E-state index contributed by atoms with van der Waals surface area (Å²) >= 11 is 5.99. The summed E-state index contributed by atoms with van der Waals surface area (Å²) < 4.78 is 5.85. The maximum Gasteiger partial charge on any atom is 0.335 e. The van der Waals surface area contributed by atoms with Crippen molar-refractivity contribution in [1.29, 1.82) is 0 Å². The van der Waals surface area contributed by atoms with E-state index in [-0.39, 0.29) is 17.4 Å². The lowest BCUT2D eigenvalue weighted by Gasteiger charge is -2.30. The number of aromatic carboxylic acids is 1. The molecule has 138 valence electrons. The van der Waals surface area contributed by atoms with Crippen molar-refractivity contribution in [1.82, 2.24) is 9.88 Å². The Hall–Kier alpha value is -2.86. The Morgan fingerprint density at radius 3 is 2.59 bits per heavy atom. The molecule has 1 amide bonds. The Morgan fingerprint density at radius 2 is 1.85 bits per heavy atom. The average molecular weight is 385 g/mol. The molecule has 0 bridgehead atoms. The molecule has 0 aliphatic carbocycles. The second-order valence-corrected chi connectivity index (χ2v) is 7.05. The normalized spacial score (nSPS) is 15.2. The predicted octanol–water partition coefficient (Wildman–Crippen LogP) is 4.20. The SMILES string of the molecule is O=C(O)c1cccc(C(=O)N2CCC(c3nc4cc(Cl)ccc4o3)CC2)c1. The molecule has 3 aromatic rings. The second kappa shape index (κ2) is 7.04. The Kier molecular flexibility index (Phi) is 4.58. The molecule has 4 rings (SSSR count). The number of carbonyl (C=O) groups excluding carboxylic acids is 1. The van der Waals surface area contributed by atoms with Crippen LogP contribution in [0.15, 0.2) is 46.9 Å². The highest BCUT2D eigenvalue weighted by Gasteiger charge is 2.27. The van der Waals surface area contributed by atoms with Crippen LogP contribution in [-0.4, -0.2) is 40.0 Å². The zero-order chi connectivity index (χ0) is 19.0. The monoisotopic (exact) mass is 384 g/mol. The van der Waals surface area contributed by atoms with Crippen LogP contribution in [0.25, 0.3) is 11.1 Å². The number of likely N-dealkylation sites (tertiary alicyclic amines) is 1. The summed E-state index contributed by atoms with van der Waals surface area (Å²) in [6, 6.07) is 11.5. The van der Waals surface area contributed by atoms with Gasteiger partial charge in [-0.2, -0.15) is 0 Å². The third kappa shape index (κ3) is 3.53. The van der Waals surface area contributed by atoms with Crippen LogP contribution in [0.3, 0.4) is 0 Å². The number of carboxylic acids is 1. The standard InChI is InChI=1S/C20H17ClN2O4/c21-15-4-5-17-16(11-15)22-18(27-17)12-6-8-23(9-7-12)19(24)13-2-1-3-14(10-13)20(25)26/h1-5,10-12H,6-9H2,(H,25,26). The lowest BCUT2D eigenvalue weighted by molar-refractivity contribution is 0.0697. The molecule has 1 N–H and O–H groups in total. The van der Waals surface area contributed by atoms with E-state index < -0.39 is 5.97 Å². The molecule has 0 atom stereocenters. The van der Waals surface area contributed by atoms with Gasteiger partial charge in [0.15, 0.2) is 11.5 Å². The van der Waals surface area contributed by atoms with Crippen molar-refractivity contribution in [2.45, 2.75) is 18.8 Å². The topological polar surface area (TPSA) is 83.6 Å². The first-order valence-corrected chi connectivity index (χ1v) is 9.07. The molecule has 27 heavy (non-hydrogen) atoms. The van der Waals surface area contributed by atoms with Gasteiger partial charge in [-0.25, -0.2) is 9.78 Å². The van der Waals surface area contributed by atoms with Crippen LogP contribution in [0.4, 0.5) is 0 Å². The minimum Gasteiger partial charge on any atom is -0.478 e. The van der Waals surface area contributed by atoms with E-state index in [9.17, 15) is 9.59 Å². The van der Waals surface area contributed by atoms with Gasteiger partial charge in [0, 0.05) is 29.6 Å². The van der Waals surface area contributed by atoms with Crippen LogP contribution < -0.4 is 0 Å². The highest BCUT2D eigenvalue weighted by Crippen LogP contribution is 2.31. The Morgan fingerprint density at radius 1 is 1.11 bits per heavy atom. The molecule has 2 aromatic carbocycles. The first kappa shape index (κ1) is 17.5. The van der Waals surface area contributed by atoms with Crippen LogP contribution in [0, 0.1) is 0 Å². The summed E-state index contributed by atoms with van der Waals surface area (Å²) in [4.78, 5) is 30.1. The number of piperidine rings is 1. The van der Waals surface area contributed by atoms with Crippen molar-refractivity contribution in [2.75, 3.05) is 13.1 Å². The van der Waals surface area contributed by atoms with E-state index in [0.29, 0.717) is 35.1 Å². The van der Waals surface area contributed by atoms with E-state index in [4.69, 9.17) is 21.1 Å². The molecule has 0 radical (unpaired) electrons. The van der Waals surface area contributed by atoms with Gasteiger partial charge in [0.25, 0.3) is 5.91 Å². The molecule has 1 saturated heterocycles. The quantitative estimate of drug-likeness (QED) is 0.731. The van der Waals surface area contributed by atoms with Crippen molar-refractivity contribution in [3.8, 4) is 0 Å². The molecule has 0 spiro atoms. The van der Waals surface area contributed by atoms with Crippen LogP contribution in [0.1, 0.15) is 45.4 Å². The number of aromatic nitrogens is 1. The van der Waals surface area contributed by atoms with Crippen molar-refractivity contribution >= 4 is 34.6 Å². The molecular weight excluding hydrogens is 368 g/mol. The number of halogens is 1. The molecule has 1 fully saturated rings. The van der Waals surface area contributed by atoms with E-state index in [1.54, 1.807) is 29.2 Å². The van der Waals surface area contributed by atoms with Crippen molar-refractivity contribution < 1.29 is 19.1 Å². The van der Waals surface area contributed by atoms with Gasteiger partial charge in [-0.3, -0.25) is 4.79 Å². The van der Waals surface area contributed by atoms with E-state index in [0.717, 1.165) is 18.4 Å². The predicted molar refractivity (Wildman–Crippen MR) is 100 cm³/mol. The fourth-order valence-corrected chi connectivity index (χ4v) is 3.56. The molecule has 7 heteroatoms. The molecule has 1 aliphatic heterocycles. The molecule has 1 aromatic heterocycles. The molecule has 0 saturated carbocycles. The van der Waals surface area contributed by atoms with Gasteiger partial charge < -0.3 is 14.4 Å². The molecule has 2 heterocycles. The first-order chi connectivity index (χ1) is 13.0. The van der Waals surface area contributed by atoms with Crippen molar-refractivity contribution in [3.63, 3.8) is 0 Å². The summed E-state index contributed by atoms with van der Waals surface area (Å²) in [5, 5.41) is 9.71. The molecular formula is C20H17ClN2O4. The molecule has 6 nitrogen and oxygen atoms in total. The van der Waals surface area contributed by atoms with Gasteiger partial charge in [0.2, 0.25) is 0 Å². The highest BCUT2D eigenvalue weighted by molar-refractivity contribution is 6.31. The Labute approximate surface area is 160 Å². The number of hydrogen-bond donors (Lipinski definition) is 1. The van der Waals surface area contributed by atoms with Crippen molar-refractivity contribution in [3.05, 3.63) is 64.5 Å². The summed E-state index contributed by atoms with van der Waals surface area (Å²) in [5.41, 5.74) is 1.95. The van der Waals surface area contributed by atoms with E-state index in [2.05, 4.69) is 4.98 Å². The first-order valence-electron chi connectivity index (χ1n) is 8.70. The number of carbonyl (C=O) groups is 2. The number of benzene rings is 2. The number of amides is 1. The smallest absolute Gasteiger partial charge is 0.335 e. The van der Waals surface area contributed by atoms with Gasteiger partial charge in [-0.15, -0.1) is 0 Å². The molecule has 0 unspecified atom stereocenters. The van der Waals surface area contributed by atoms with E-state index >= 15 is 0 Å². The third-order valence-electron chi connectivity index (χ3n) is 4.85. The highest BCUT2D eigenvalue weighted by atomic mass is 35.5. The number of hydrogen-bond acceptors (Lipinski definition) is 4. The van der Waals surface area contributed by atoms with Gasteiger partial charge in [0.05, 0.1) is 5.56 Å². The van der Waals surface area contributed by atoms with Gasteiger partial charge in [-0.1, -0.05) is 17.7 Å². The third-order valence-corrected chi connectivity index (χ3v) is 5.09. The average Bonchev–Trinajstić information content (AvgIpc) is 3.10. The fraction of sp³-hybridized carbons (Fsp3) is 0.250. The Bertz CT molecular complexity index is 1020. The fourth-order valence-electron chi connectivity index (χ4n) is 3.39. The van der Waals surface area contributed by atoms with Crippen LogP contribution in [0.2, 0.25) is 5.02 Å². The zero-order valence-corrected chi connectivity index (χ0v) is 15.1. The van der Waals surface area contributed by atoms with E-state index in [1.165, 1.54) is 12.1 Å². The Balaban J connectivity index is 1.45. The number of rotatable bonds is 3. The summed E-state index contributed by atoms with van der Waals surface area (Å²) in [5.74, 6) is -0.377. The van der Waals surface area contributed by atoms with Crippen molar-refractivity contribution in [2.24, 2.45) is 0 Å². The van der Waals surface area contributed by atoms with Crippen LogP contribution in [-0.2, 0) is 0 Å². The van der Waals surface area contributed by atoms with Crippen LogP contribution in [0.5, 0.6) is 0 Å². The van der Waals surface area contributed by atoms with Gasteiger partial charge in [0.1, 0.15) is 5.52 Å². The zero-order valence-electron chi connectivity index (χ0n) is 14.4. The molecule has 1 aliphatic rings. The maximum atomic E-state index is 12.7. The summed E-state index contributed by atoms with van der Waals surface area (Å²) in [6.07, 6.45) is 1.48. The summed E-state index contributed by atoms with van der Waals surface area (Å²) in [6.45, 7) is 1.14. The number of oxazole rings is 1. The summed E-state index contributed by atoms with van der Waals surface area (Å²) in [7, 11) is 0. The largest absolute Gasteiger partial charge is 0.478 e. The van der Waals surface area contributed by atoms with Gasteiger partial charge in [-0.05, 0) is 49.2 Å². The minimum absolute atomic E-state index is 0.112. The van der Waals surface area contributed by atoms with Gasteiger partial charge >= 0.3 is 5.97 Å². The second-order valence-electron chi connectivity index (χ2n) is 6.62. The number of fused-ring (bicyclic) bond motifs is 1. The van der Waals surface area contributed by atoms with E-state index in [1.807, 2.05) is 6.07 Å². The maximum absolute atomic E-state index is 12.7. The number of nitrogens with zero attached hydrogens (tertiary/aromatic N) is 2.